The zero-order valence-electron chi connectivity index (χ0n) is 14.3. The molecule has 0 aromatic rings. The minimum atomic E-state index is -0.372. The minimum Gasteiger partial charge on any atom is -0.441 e. The Morgan fingerprint density at radius 2 is 1.78 bits per heavy atom. The van der Waals surface area contributed by atoms with Gasteiger partial charge in [0.1, 0.15) is 5.60 Å². The van der Waals surface area contributed by atoms with E-state index >= 15 is 0 Å². The Labute approximate surface area is 138 Å². The normalized spacial score (nSPS) is 30.2. The molecule has 6 nitrogen and oxygen atoms in total. The largest absolute Gasteiger partial charge is 0.441 e. The average Bonchev–Trinajstić information content (AvgIpc) is 2.75. The smallest absolute Gasteiger partial charge is 0.410 e. The van der Waals surface area contributed by atoms with Gasteiger partial charge in [0.15, 0.2) is 0 Å². The molecule has 0 N–H and O–H groups in total. The molecule has 0 saturated carbocycles. The van der Waals surface area contributed by atoms with Crippen molar-refractivity contribution in [2.45, 2.75) is 50.5 Å². The molecule has 1 atom stereocenters. The van der Waals surface area contributed by atoms with Crippen LogP contribution in [-0.2, 0) is 9.53 Å². The van der Waals surface area contributed by atoms with Gasteiger partial charge in [-0.15, -0.1) is 0 Å². The summed E-state index contributed by atoms with van der Waals surface area (Å²) >= 11 is 0. The summed E-state index contributed by atoms with van der Waals surface area (Å²) in [5.41, 5.74) is -0.372. The van der Waals surface area contributed by atoms with Gasteiger partial charge >= 0.3 is 6.09 Å². The van der Waals surface area contributed by atoms with Crippen molar-refractivity contribution in [3.63, 3.8) is 0 Å². The number of carbonyl (C=O) groups is 2. The van der Waals surface area contributed by atoms with E-state index in [4.69, 9.17) is 4.74 Å². The lowest BCUT2D eigenvalue weighted by molar-refractivity contribution is -0.132. The van der Waals surface area contributed by atoms with Gasteiger partial charge in [-0.3, -0.25) is 9.69 Å². The monoisotopic (exact) mass is 323 g/mol. The van der Waals surface area contributed by atoms with E-state index in [2.05, 4.69) is 4.90 Å². The van der Waals surface area contributed by atoms with Crippen molar-refractivity contribution in [3.8, 4) is 0 Å². The molecule has 3 aliphatic rings. The topological polar surface area (TPSA) is 53.1 Å². The predicted octanol–water partition coefficient (Wildman–Crippen LogP) is 1.70. The number of amides is 2. The Morgan fingerprint density at radius 1 is 1.04 bits per heavy atom. The van der Waals surface area contributed by atoms with E-state index < -0.39 is 0 Å². The van der Waals surface area contributed by atoms with Crippen molar-refractivity contribution in [2.75, 3.05) is 46.3 Å². The summed E-state index contributed by atoms with van der Waals surface area (Å²) in [5, 5.41) is 0. The van der Waals surface area contributed by atoms with Gasteiger partial charge in [0.05, 0.1) is 13.1 Å². The molecule has 3 aliphatic heterocycles. The van der Waals surface area contributed by atoms with Gasteiger partial charge in [-0.25, -0.2) is 4.79 Å². The maximum absolute atomic E-state index is 12.6. The molecule has 0 aliphatic carbocycles. The van der Waals surface area contributed by atoms with Crippen molar-refractivity contribution in [1.82, 2.24) is 14.7 Å². The molecule has 0 aromatic carbocycles. The maximum Gasteiger partial charge on any atom is 0.410 e. The molecule has 0 radical (unpaired) electrons. The molecule has 23 heavy (non-hydrogen) atoms. The average molecular weight is 323 g/mol. The first-order chi connectivity index (χ1) is 11.1. The third-order valence-electron chi connectivity index (χ3n) is 5.45. The lowest BCUT2D eigenvalue weighted by Crippen LogP contribution is -2.42. The molecule has 1 spiro atoms. The van der Waals surface area contributed by atoms with E-state index in [1.807, 2.05) is 4.90 Å². The minimum absolute atomic E-state index is 0.227. The summed E-state index contributed by atoms with van der Waals surface area (Å²) in [6.45, 7) is 4.79. The second-order valence-corrected chi connectivity index (χ2v) is 7.33. The number of likely N-dealkylation sites (N-methyl/N-ethyl adjacent to an activating group) is 1. The van der Waals surface area contributed by atoms with Crippen LogP contribution in [0.5, 0.6) is 0 Å². The van der Waals surface area contributed by atoms with E-state index in [0.29, 0.717) is 19.6 Å². The number of hydrogen-bond donors (Lipinski definition) is 0. The Hall–Kier alpha value is -1.30. The van der Waals surface area contributed by atoms with Crippen LogP contribution in [0.1, 0.15) is 44.9 Å². The SMILES string of the molecule is CN1CC2(CCCN(C(=O)CN3CCCCCC3)CC2)OC1=O. The number of rotatable bonds is 2. The van der Waals surface area contributed by atoms with Gasteiger partial charge in [-0.05, 0) is 38.8 Å². The lowest BCUT2D eigenvalue weighted by Gasteiger charge is -2.27. The molecule has 6 heteroatoms. The molecule has 3 fully saturated rings. The van der Waals surface area contributed by atoms with Crippen LogP contribution >= 0.6 is 0 Å². The van der Waals surface area contributed by atoms with Gasteiger partial charge in [-0.1, -0.05) is 12.8 Å². The van der Waals surface area contributed by atoms with Crippen molar-refractivity contribution in [2.24, 2.45) is 0 Å². The molecular weight excluding hydrogens is 294 g/mol. The summed E-state index contributed by atoms with van der Waals surface area (Å²) in [6.07, 6.45) is 7.29. The van der Waals surface area contributed by atoms with E-state index in [9.17, 15) is 9.59 Å². The fourth-order valence-corrected chi connectivity index (χ4v) is 4.05. The first kappa shape index (κ1) is 16.6. The first-order valence-electron chi connectivity index (χ1n) is 9.02. The third kappa shape index (κ3) is 3.97. The highest BCUT2D eigenvalue weighted by molar-refractivity contribution is 5.78. The molecule has 3 saturated heterocycles. The van der Waals surface area contributed by atoms with Crippen LogP contribution in [0, 0.1) is 0 Å². The summed E-state index contributed by atoms with van der Waals surface area (Å²) in [7, 11) is 1.78. The maximum atomic E-state index is 12.6. The summed E-state index contributed by atoms with van der Waals surface area (Å²) in [6, 6.07) is 0. The Balaban J connectivity index is 1.53. The molecule has 2 amide bonds. The number of likely N-dealkylation sites (tertiary alicyclic amines) is 2. The standard InChI is InChI=1S/C17H29N3O3/c1-18-14-17(23-16(18)22)7-6-11-20(12-8-17)15(21)13-19-9-4-2-3-5-10-19/h2-14H2,1H3. The van der Waals surface area contributed by atoms with Crippen molar-refractivity contribution < 1.29 is 14.3 Å². The van der Waals surface area contributed by atoms with Gasteiger partial charge in [-0.2, -0.15) is 0 Å². The Kier molecular flexibility index (Phi) is 5.09. The van der Waals surface area contributed by atoms with Crippen molar-refractivity contribution in [1.29, 1.82) is 0 Å². The third-order valence-corrected chi connectivity index (χ3v) is 5.45. The highest BCUT2D eigenvalue weighted by atomic mass is 16.6. The van der Waals surface area contributed by atoms with Crippen LogP contribution < -0.4 is 0 Å². The quantitative estimate of drug-likeness (QED) is 0.776. The molecule has 3 heterocycles. The van der Waals surface area contributed by atoms with Crippen LogP contribution in [0.25, 0.3) is 0 Å². The van der Waals surface area contributed by atoms with E-state index in [0.717, 1.165) is 38.9 Å². The van der Waals surface area contributed by atoms with E-state index in [1.54, 1.807) is 11.9 Å². The van der Waals surface area contributed by atoms with Crippen LogP contribution in [-0.4, -0.2) is 78.6 Å². The van der Waals surface area contributed by atoms with Crippen LogP contribution in [0.4, 0.5) is 4.79 Å². The highest BCUT2D eigenvalue weighted by Gasteiger charge is 2.44. The zero-order valence-corrected chi connectivity index (χ0v) is 14.3. The van der Waals surface area contributed by atoms with Gasteiger partial charge in [0, 0.05) is 26.6 Å². The number of nitrogens with zero attached hydrogens (tertiary/aromatic N) is 3. The van der Waals surface area contributed by atoms with Crippen LogP contribution in [0.2, 0.25) is 0 Å². The summed E-state index contributed by atoms with van der Waals surface area (Å²) in [4.78, 5) is 30.2. The Bertz CT molecular complexity index is 448. The fraction of sp³-hybridized carbons (Fsp3) is 0.882. The van der Waals surface area contributed by atoms with Gasteiger partial charge in [0.2, 0.25) is 5.91 Å². The summed E-state index contributed by atoms with van der Waals surface area (Å²) in [5.74, 6) is 0.238. The van der Waals surface area contributed by atoms with Crippen LogP contribution in [0.15, 0.2) is 0 Å². The number of hydrogen-bond acceptors (Lipinski definition) is 4. The van der Waals surface area contributed by atoms with Gasteiger partial charge in [0.25, 0.3) is 0 Å². The van der Waals surface area contributed by atoms with Crippen LogP contribution in [0.3, 0.4) is 0 Å². The van der Waals surface area contributed by atoms with E-state index in [-0.39, 0.29) is 17.6 Å². The number of carbonyl (C=O) groups excluding carboxylic acids is 2. The molecule has 130 valence electrons. The highest BCUT2D eigenvalue weighted by Crippen LogP contribution is 2.32. The molecule has 1 unspecified atom stereocenters. The molecule has 0 aromatic heterocycles. The number of ether oxygens (including phenoxy) is 1. The molecule has 3 rings (SSSR count). The van der Waals surface area contributed by atoms with Gasteiger partial charge < -0.3 is 14.5 Å². The fourth-order valence-electron chi connectivity index (χ4n) is 4.05. The second-order valence-electron chi connectivity index (χ2n) is 7.33. The molecule has 0 bridgehead atoms. The lowest BCUT2D eigenvalue weighted by atomic mass is 9.95. The Morgan fingerprint density at radius 3 is 2.43 bits per heavy atom. The van der Waals surface area contributed by atoms with Crippen molar-refractivity contribution in [3.05, 3.63) is 0 Å². The second kappa shape index (κ2) is 7.07. The zero-order chi connectivity index (χ0) is 16.3. The van der Waals surface area contributed by atoms with E-state index in [1.165, 1.54) is 25.7 Å². The molecular formula is C17H29N3O3. The first-order valence-corrected chi connectivity index (χ1v) is 9.02. The predicted molar refractivity (Wildman–Crippen MR) is 87.2 cm³/mol. The summed E-state index contributed by atoms with van der Waals surface area (Å²) < 4.78 is 5.62. The van der Waals surface area contributed by atoms with Crippen molar-refractivity contribution >= 4 is 12.0 Å².